The van der Waals surface area contributed by atoms with Crippen LogP contribution in [0.25, 0.3) is 10.1 Å². The Balaban J connectivity index is 1.74. The Morgan fingerprint density at radius 3 is 2.68 bits per heavy atom. The lowest BCUT2D eigenvalue weighted by Crippen LogP contribution is -2.24. The van der Waals surface area contributed by atoms with Gasteiger partial charge in [0.1, 0.15) is 4.88 Å². The molecular weight excluding hydrogens is 465 g/mol. The Morgan fingerprint density at radius 1 is 1.19 bits per heavy atom. The molecule has 12 heteroatoms. The summed E-state index contributed by atoms with van der Waals surface area (Å²) in [4.78, 5) is 36.4. The third kappa shape index (κ3) is 3.76. The van der Waals surface area contributed by atoms with Gasteiger partial charge in [-0.05, 0) is 31.2 Å². The second-order valence-corrected chi connectivity index (χ2v) is 8.23. The van der Waals surface area contributed by atoms with Gasteiger partial charge >= 0.3 is 5.56 Å². The number of rotatable bonds is 4. The number of aromatic amines is 1. The summed E-state index contributed by atoms with van der Waals surface area (Å²) in [5.74, 6) is -0.664. The van der Waals surface area contributed by atoms with E-state index in [9.17, 15) is 19.7 Å². The molecule has 0 radical (unpaired) electrons. The Hall–Kier alpha value is -3.34. The standard InChI is InChI=1S/C19H11Cl2N5O4S/c1-9-16(23-22-12-4-2-3-5-13(12)26(29)30)18(27)25(24-9)19(28)17-15(21)11-8-10(20)6-7-14(11)31-17/h2-8,24H,1H3. The number of carbonyl (C=O) groups is 1. The zero-order valence-corrected chi connectivity index (χ0v) is 18.0. The summed E-state index contributed by atoms with van der Waals surface area (Å²) in [7, 11) is 0. The zero-order chi connectivity index (χ0) is 22.3. The number of H-pyrrole nitrogens is 1. The highest BCUT2D eigenvalue weighted by atomic mass is 35.5. The number of nitro groups is 1. The molecule has 156 valence electrons. The minimum atomic E-state index is -0.753. The number of para-hydroxylation sites is 1. The molecule has 0 aliphatic carbocycles. The largest absolute Gasteiger partial charge is 0.302 e. The summed E-state index contributed by atoms with van der Waals surface area (Å²) in [6.45, 7) is 1.53. The quantitative estimate of drug-likeness (QED) is 0.220. The lowest BCUT2D eigenvalue weighted by atomic mass is 10.2. The number of nitrogens with one attached hydrogen (secondary N) is 1. The molecule has 31 heavy (non-hydrogen) atoms. The number of thiophene rings is 1. The van der Waals surface area contributed by atoms with E-state index in [0.717, 1.165) is 20.7 Å². The highest BCUT2D eigenvalue weighted by molar-refractivity contribution is 7.21. The SMILES string of the molecule is Cc1[nH]n(C(=O)c2sc3ccc(Cl)cc3c2Cl)c(=O)c1N=Nc1ccccc1[N+](=O)[O-]. The predicted octanol–water partition coefficient (Wildman–Crippen LogP) is 6.02. The van der Waals surface area contributed by atoms with Crippen molar-refractivity contribution in [3.8, 4) is 0 Å². The van der Waals surface area contributed by atoms with E-state index in [-0.39, 0.29) is 32.7 Å². The summed E-state index contributed by atoms with van der Waals surface area (Å²) in [5, 5.41) is 22.7. The molecular formula is C19H11Cl2N5O4S. The van der Waals surface area contributed by atoms with Crippen LogP contribution < -0.4 is 5.56 Å². The van der Waals surface area contributed by atoms with E-state index < -0.39 is 16.4 Å². The van der Waals surface area contributed by atoms with Crippen LogP contribution in [0.3, 0.4) is 0 Å². The average molecular weight is 476 g/mol. The van der Waals surface area contributed by atoms with E-state index in [4.69, 9.17) is 23.2 Å². The molecule has 0 saturated carbocycles. The molecule has 0 bridgehead atoms. The van der Waals surface area contributed by atoms with Crippen molar-refractivity contribution in [3.63, 3.8) is 0 Å². The Bertz CT molecular complexity index is 1450. The maximum absolute atomic E-state index is 13.0. The molecule has 4 aromatic rings. The van der Waals surface area contributed by atoms with Crippen molar-refractivity contribution in [2.75, 3.05) is 0 Å². The van der Waals surface area contributed by atoms with E-state index in [1.54, 1.807) is 24.3 Å². The fraction of sp³-hybridized carbons (Fsp3) is 0.0526. The van der Waals surface area contributed by atoms with E-state index in [1.165, 1.54) is 25.1 Å². The molecule has 2 aromatic heterocycles. The van der Waals surface area contributed by atoms with Crippen LogP contribution in [0.15, 0.2) is 57.5 Å². The van der Waals surface area contributed by atoms with E-state index in [2.05, 4.69) is 15.3 Å². The number of nitro benzene ring substituents is 1. The number of aromatic nitrogens is 2. The number of aryl methyl sites for hydroxylation is 1. The van der Waals surface area contributed by atoms with Crippen LogP contribution in [0.5, 0.6) is 0 Å². The molecule has 0 fully saturated rings. The van der Waals surface area contributed by atoms with E-state index in [1.807, 2.05) is 0 Å². The molecule has 0 aliphatic heterocycles. The molecule has 0 amide bonds. The number of hydrogen-bond donors (Lipinski definition) is 1. The number of halogens is 2. The highest BCUT2D eigenvalue weighted by Crippen LogP contribution is 2.37. The van der Waals surface area contributed by atoms with Gasteiger partial charge in [0.15, 0.2) is 11.4 Å². The highest BCUT2D eigenvalue weighted by Gasteiger charge is 2.23. The van der Waals surface area contributed by atoms with Crippen LogP contribution in [-0.2, 0) is 0 Å². The van der Waals surface area contributed by atoms with Gasteiger partial charge in [0, 0.05) is 21.2 Å². The summed E-state index contributed by atoms with van der Waals surface area (Å²) < 4.78 is 1.52. The van der Waals surface area contributed by atoms with Crippen LogP contribution in [0.4, 0.5) is 17.1 Å². The number of benzene rings is 2. The van der Waals surface area contributed by atoms with Gasteiger partial charge in [-0.3, -0.25) is 24.8 Å². The molecule has 2 heterocycles. The fourth-order valence-corrected chi connectivity index (χ4v) is 4.47. The third-order valence-corrected chi connectivity index (χ3v) is 6.26. The zero-order valence-electron chi connectivity index (χ0n) is 15.6. The second kappa shape index (κ2) is 8.06. The number of fused-ring (bicyclic) bond motifs is 1. The van der Waals surface area contributed by atoms with Gasteiger partial charge in [0.25, 0.3) is 11.6 Å². The minimum Gasteiger partial charge on any atom is -0.290 e. The van der Waals surface area contributed by atoms with Crippen molar-refractivity contribution < 1.29 is 9.72 Å². The predicted molar refractivity (Wildman–Crippen MR) is 119 cm³/mol. The minimum absolute atomic E-state index is 0.0187. The van der Waals surface area contributed by atoms with Gasteiger partial charge in [-0.15, -0.1) is 21.6 Å². The lowest BCUT2D eigenvalue weighted by Gasteiger charge is -1.98. The summed E-state index contributed by atoms with van der Waals surface area (Å²) in [5.41, 5.74) is -0.912. The Kier molecular flexibility index (Phi) is 5.44. The fourth-order valence-electron chi connectivity index (χ4n) is 2.88. The van der Waals surface area contributed by atoms with Crippen molar-refractivity contribution in [1.29, 1.82) is 0 Å². The summed E-state index contributed by atoms with van der Waals surface area (Å²) in [6, 6.07) is 10.8. The molecule has 0 spiro atoms. The Labute approximate surface area is 187 Å². The molecule has 9 nitrogen and oxygen atoms in total. The van der Waals surface area contributed by atoms with E-state index in [0.29, 0.717) is 10.4 Å². The smallest absolute Gasteiger partial charge is 0.290 e. The van der Waals surface area contributed by atoms with Crippen LogP contribution in [0.2, 0.25) is 10.0 Å². The number of carbonyl (C=O) groups excluding carboxylic acids is 1. The topological polar surface area (TPSA) is 123 Å². The van der Waals surface area contributed by atoms with Crippen LogP contribution >= 0.6 is 34.5 Å². The first-order valence-corrected chi connectivity index (χ1v) is 10.2. The average Bonchev–Trinajstić information content (AvgIpc) is 3.22. The summed E-state index contributed by atoms with van der Waals surface area (Å²) in [6.07, 6.45) is 0. The van der Waals surface area contributed by atoms with Crippen LogP contribution in [0, 0.1) is 17.0 Å². The first kappa shape index (κ1) is 20.9. The van der Waals surface area contributed by atoms with Crippen molar-refractivity contribution >= 4 is 67.6 Å². The van der Waals surface area contributed by atoms with Crippen LogP contribution in [-0.4, -0.2) is 20.6 Å². The third-order valence-electron chi connectivity index (χ3n) is 4.36. The van der Waals surface area contributed by atoms with Gasteiger partial charge in [-0.1, -0.05) is 35.3 Å². The Morgan fingerprint density at radius 2 is 1.94 bits per heavy atom. The van der Waals surface area contributed by atoms with Gasteiger partial charge in [0.2, 0.25) is 0 Å². The maximum atomic E-state index is 13.0. The molecule has 0 aliphatic rings. The van der Waals surface area contributed by atoms with Crippen LogP contribution in [0.1, 0.15) is 15.4 Å². The number of nitrogens with zero attached hydrogens (tertiary/aromatic N) is 4. The van der Waals surface area contributed by atoms with Gasteiger partial charge < -0.3 is 0 Å². The molecule has 0 unspecified atom stereocenters. The molecule has 4 rings (SSSR count). The molecule has 1 N–H and O–H groups in total. The normalized spacial score (nSPS) is 11.5. The molecule has 0 saturated heterocycles. The van der Waals surface area contributed by atoms with Crippen molar-refractivity contribution in [2.45, 2.75) is 6.92 Å². The molecule has 2 aromatic carbocycles. The van der Waals surface area contributed by atoms with Crippen molar-refractivity contribution in [3.05, 3.63) is 83.5 Å². The van der Waals surface area contributed by atoms with Gasteiger partial charge in [0.05, 0.1) is 15.6 Å². The second-order valence-electron chi connectivity index (χ2n) is 6.36. The summed E-state index contributed by atoms with van der Waals surface area (Å²) >= 11 is 13.5. The first-order chi connectivity index (χ1) is 14.8. The van der Waals surface area contributed by atoms with Gasteiger partial charge in [-0.2, -0.15) is 4.68 Å². The number of hydrogen-bond acceptors (Lipinski definition) is 7. The number of azo groups is 1. The first-order valence-electron chi connectivity index (χ1n) is 8.67. The monoisotopic (exact) mass is 475 g/mol. The molecule has 0 atom stereocenters. The lowest BCUT2D eigenvalue weighted by molar-refractivity contribution is -0.384. The van der Waals surface area contributed by atoms with Crippen molar-refractivity contribution in [2.24, 2.45) is 10.2 Å². The van der Waals surface area contributed by atoms with Crippen molar-refractivity contribution in [1.82, 2.24) is 9.78 Å². The van der Waals surface area contributed by atoms with Gasteiger partial charge in [-0.25, -0.2) is 0 Å². The maximum Gasteiger partial charge on any atom is 0.302 e. The van der Waals surface area contributed by atoms with E-state index >= 15 is 0 Å².